The van der Waals surface area contributed by atoms with E-state index < -0.39 is 17.1 Å². The molecule has 0 spiro atoms. The zero-order valence-electron chi connectivity index (χ0n) is 8.25. The van der Waals surface area contributed by atoms with E-state index in [4.69, 9.17) is 5.11 Å². The molecule has 0 saturated carbocycles. The first kappa shape index (κ1) is 9.89. The van der Waals surface area contributed by atoms with Crippen molar-refractivity contribution in [3.05, 3.63) is 27.2 Å². The van der Waals surface area contributed by atoms with Crippen molar-refractivity contribution in [1.82, 2.24) is 10.2 Å². The van der Waals surface area contributed by atoms with E-state index in [9.17, 15) is 9.59 Å². The van der Waals surface area contributed by atoms with Crippen molar-refractivity contribution in [1.29, 1.82) is 0 Å². The molecule has 0 aliphatic heterocycles. The van der Waals surface area contributed by atoms with Crippen LogP contribution in [0.2, 0.25) is 0 Å². The van der Waals surface area contributed by atoms with Crippen molar-refractivity contribution in [3.8, 4) is 0 Å². The zero-order valence-corrected chi connectivity index (χ0v) is 8.25. The lowest BCUT2D eigenvalue weighted by Crippen LogP contribution is -2.24. The number of carboxylic acids is 1. The minimum Gasteiger partial charge on any atom is -0.476 e. The summed E-state index contributed by atoms with van der Waals surface area (Å²) in [6, 6.07) is 0. The van der Waals surface area contributed by atoms with Crippen LogP contribution in [0.25, 0.3) is 0 Å². The highest BCUT2D eigenvalue weighted by atomic mass is 16.4. The lowest BCUT2D eigenvalue weighted by atomic mass is 10.1. The Morgan fingerprint density at radius 2 is 2.00 bits per heavy atom. The molecule has 2 rings (SSSR count). The highest BCUT2D eigenvalue weighted by molar-refractivity contribution is 5.85. The fourth-order valence-electron chi connectivity index (χ4n) is 1.92. The maximum atomic E-state index is 11.7. The highest BCUT2D eigenvalue weighted by Gasteiger charge is 2.18. The van der Waals surface area contributed by atoms with Crippen LogP contribution in [0.5, 0.6) is 0 Å². The monoisotopic (exact) mass is 208 g/mol. The number of aromatic amines is 1. The molecule has 1 aromatic rings. The number of hydrogen-bond donors (Lipinski definition) is 2. The Kier molecular flexibility index (Phi) is 2.53. The summed E-state index contributed by atoms with van der Waals surface area (Å²) in [4.78, 5) is 22.5. The third-order valence-electron chi connectivity index (χ3n) is 2.71. The molecule has 0 radical (unpaired) electrons. The van der Waals surface area contributed by atoms with Gasteiger partial charge in [0.25, 0.3) is 0 Å². The summed E-state index contributed by atoms with van der Waals surface area (Å²) in [5.74, 6) is -1.26. The number of carbonyl (C=O) groups is 1. The number of fused-ring (bicyclic) bond motifs is 1. The molecule has 2 N–H and O–H groups in total. The van der Waals surface area contributed by atoms with Crippen LogP contribution in [0.3, 0.4) is 0 Å². The van der Waals surface area contributed by atoms with Gasteiger partial charge in [0.2, 0.25) is 11.1 Å². The van der Waals surface area contributed by atoms with Gasteiger partial charge in [-0.25, -0.2) is 4.79 Å². The highest BCUT2D eigenvalue weighted by Crippen LogP contribution is 2.15. The standard InChI is InChI=1S/C10H12N2O3/c13-9-6-4-2-1-3-5-7(6)11-12-8(9)10(14)15/h1-5H2,(H,11,13)(H,14,15). The summed E-state index contributed by atoms with van der Waals surface area (Å²) < 4.78 is 0. The van der Waals surface area contributed by atoms with Crippen LogP contribution in [0.15, 0.2) is 4.79 Å². The van der Waals surface area contributed by atoms with E-state index in [1.54, 1.807) is 0 Å². The molecule has 0 saturated heterocycles. The average molecular weight is 208 g/mol. The van der Waals surface area contributed by atoms with Crippen molar-refractivity contribution >= 4 is 5.97 Å². The fourth-order valence-corrected chi connectivity index (χ4v) is 1.92. The lowest BCUT2D eigenvalue weighted by molar-refractivity contribution is 0.0687. The first-order valence-electron chi connectivity index (χ1n) is 5.04. The number of aromatic nitrogens is 2. The Morgan fingerprint density at radius 3 is 2.73 bits per heavy atom. The van der Waals surface area contributed by atoms with Crippen molar-refractivity contribution in [2.45, 2.75) is 32.1 Å². The number of aromatic carboxylic acids is 1. The molecule has 5 heteroatoms. The van der Waals surface area contributed by atoms with Gasteiger partial charge < -0.3 is 5.11 Å². The SMILES string of the molecule is O=C(O)c1n[nH]c2c(c1=O)CCCCC2. The topological polar surface area (TPSA) is 83.0 Å². The summed E-state index contributed by atoms with van der Waals surface area (Å²) in [6.07, 6.45) is 4.49. The summed E-state index contributed by atoms with van der Waals surface area (Å²) in [7, 11) is 0. The van der Waals surface area contributed by atoms with E-state index in [1.165, 1.54) is 0 Å². The maximum Gasteiger partial charge on any atom is 0.360 e. The summed E-state index contributed by atoms with van der Waals surface area (Å²) in [5, 5.41) is 15.0. The molecule has 1 heterocycles. The molecule has 5 nitrogen and oxygen atoms in total. The number of nitrogens with zero attached hydrogens (tertiary/aromatic N) is 1. The first-order chi connectivity index (χ1) is 7.20. The molecule has 0 atom stereocenters. The van der Waals surface area contributed by atoms with E-state index in [-0.39, 0.29) is 0 Å². The van der Waals surface area contributed by atoms with Gasteiger partial charge in [-0.1, -0.05) is 6.42 Å². The second-order valence-electron chi connectivity index (χ2n) is 3.72. The second-order valence-corrected chi connectivity index (χ2v) is 3.72. The normalized spacial score (nSPS) is 15.5. The van der Waals surface area contributed by atoms with Crippen molar-refractivity contribution in [3.63, 3.8) is 0 Å². The molecule has 1 aliphatic carbocycles. The molecule has 0 aromatic carbocycles. The van der Waals surface area contributed by atoms with Crippen LogP contribution in [0.4, 0.5) is 0 Å². The second kappa shape index (κ2) is 3.84. The maximum absolute atomic E-state index is 11.7. The van der Waals surface area contributed by atoms with E-state index in [0.29, 0.717) is 12.0 Å². The van der Waals surface area contributed by atoms with E-state index >= 15 is 0 Å². The third kappa shape index (κ3) is 1.77. The van der Waals surface area contributed by atoms with Crippen LogP contribution in [-0.2, 0) is 12.8 Å². The smallest absolute Gasteiger partial charge is 0.360 e. The third-order valence-corrected chi connectivity index (χ3v) is 2.71. The van der Waals surface area contributed by atoms with Gasteiger partial charge in [0.05, 0.1) is 0 Å². The predicted octanol–water partition coefficient (Wildman–Crippen LogP) is 0.737. The average Bonchev–Trinajstić information content (AvgIpc) is 2.43. The number of nitrogens with one attached hydrogen (secondary N) is 1. The number of H-pyrrole nitrogens is 1. The zero-order chi connectivity index (χ0) is 10.8. The number of rotatable bonds is 1. The van der Waals surface area contributed by atoms with E-state index in [2.05, 4.69) is 10.2 Å². The van der Waals surface area contributed by atoms with Crippen LogP contribution in [-0.4, -0.2) is 21.3 Å². The van der Waals surface area contributed by atoms with Gasteiger partial charge in [-0.3, -0.25) is 9.89 Å². The molecular formula is C10H12N2O3. The largest absolute Gasteiger partial charge is 0.476 e. The summed E-state index contributed by atoms with van der Waals surface area (Å²) in [6.45, 7) is 0. The minimum absolute atomic E-state index is 0.393. The Hall–Kier alpha value is -1.65. The Morgan fingerprint density at radius 1 is 1.27 bits per heavy atom. The number of carboxylic acid groups (broad SMARTS) is 1. The van der Waals surface area contributed by atoms with Crippen LogP contribution >= 0.6 is 0 Å². The minimum atomic E-state index is -1.26. The van der Waals surface area contributed by atoms with Gasteiger partial charge in [0, 0.05) is 11.3 Å². The van der Waals surface area contributed by atoms with Crippen LogP contribution in [0, 0.1) is 0 Å². The van der Waals surface area contributed by atoms with E-state index in [1.807, 2.05) is 0 Å². The molecule has 0 unspecified atom stereocenters. The molecular weight excluding hydrogens is 196 g/mol. The van der Waals surface area contributed by atoms with Gasteiger partial charge in [0.1, 0.15) is 0 Å². The van der Waals surface area contributed by atoms with Crippen LogP contribution in [0.1, 0.15) is 41.0 Å². The molecule has 80 valence electrons. The molecule has 0 fully saturated rings. The molecule has 1 aromatic heterocycles. The first-order valence-corrected chi connectivity index (χ1v) is 5.04. The summed E-state index contributed by atoms with van der Waals surface area (Å²) in [5.41, 5.74) is 0.608. The Balaban J connectivity index is 2.56. The Labute approximate surface area is 86.1 Å². The quantitative estimate of drug-likeness (QED) is 0.666. The molecule has 0 amide bonds. The number of aryl methyl sites for hydroxylation is 1. The molecule has 15 heavy (non-hydrogen) atoms. The molecule has 0 bridgehead atoms. The molecule has 1 aliphatic rings. The van der Waals surface area contributed by atoms with Crippen molar-refractivity contribution in [2.24, 2.45) is 0 Å². The Bertz CT molecular complexity index is 450. The van der Waals surface area contributed by atoms with Gasteiger partial charge in [0.15, 0.2) is 0 Å². The van der Waals surface area contributed by atoms with Crippen LogP contribution < -0.4 is 5.43 Å². The summed E-state index contributed by atoms with van der Waals surface area (Å²) >= 11 is 0. The fraction of sp³-hybridized carbons (Fsp3) is 0.500. The van der Waals surface area contributed by atoms with Gasteiger partial charge in [-0.05, 0) is 25.7 Å². The van der Waals surface area contributed by atoms with Crippen molar-refractivity contribution in [2.75, 3.05) is 0 Å². The number of hydrogen-bond acceptors (Lipinski definition) is 3. The van der Waals surface area contributed by atoms with Crippen molar-refractivity contribution < 1.29 is 9.90 Å². The van der Waals surface area contributed by atoms with Gasteiger partial charge >= 0.3 is 5.97 Å². The lowest BCUT2D eigenvalue weighted by Gasteiger charge is -2.04. The van der Waals surface area contributed by atoms with Gasteiger partial charge in [-0.2, -0.15) is 5.10 Å². The van der Waals surface area contributed by atoms with Gasteiger partial charge in [-0.15, -0.1) is 0 Å². The predicted molar refractivity (Wildman–Crippen MR) is 53.1 cm³/mol. The van der Waals surface area contributed by atoms with E-state index in [0.717, 1.165) is 31.4 Å².